The number of halogens is 2. The highest BCUT2D eigenvalue weighted by molar-refractivity contribution is 5.42. The lowest BCUT2D eigenvalue weighted by atomic mass is 9.53. The fraction of sp³-hybridized carbons (Fsp3) is 0.533. The first-order chi connectivity index (χ1) is 16.5. The van der Waals surface area contributed by atoms with Crippen LogP contribution in [0.1, 0.15) is 74.5 Å². The van der Waals surface area contributed by atoms with Crippen LogP contribution in [-0.4, -0.2) is 11.7 Å². The zero-order valence-corrected chi connectivity index (χ0v) is 20.1. The van der Waals surface area contributed by atoms with Crippen LogP contribution in [0.5, 0.6) is 5.75 Å². The quantitative estimate of drug-likeness (QED) is 0.425. The van der Waals surface area contributed by atoms with Gasteiger partial charge in [-0.2, -0.15) is 8.78 Å². The average molecular weight is 467 g/mol. The first-order valence-electron chi connectivity index (χ1n) is 13.0. The minimum absolute atomic E-state index is 0.183. The minimum Gasteiger partial charge on any atom is -0.489 e. The van der Waals surface area contributed by atoms with Crippen LogP contribution < -0.4 is 4.74 Å². The molecule has 5 rings (SSSR count). The molecule has 0 bridgehead atoms. The number of allylic oxidation sites excluding steroid dienone is 1. The van der Waals surface area contributed by atoms with Crippen LogP contribution in [0.4, 0.5) is 8.78 Å². The first-order valence-corrected chi connectivity index (χ1v) is 13.0. The maximum atomic E-state index is 14.0. The standard InChI is InChI=1S/C30H36F2O2/c1-30-15-14-25-24-13-11-23(34-19-20-7-3-2-4-8-20)17-21(24)10-12-26(25)28(30)22(9-5-6-16-33)18-27(30)29(31)32/h2-4,7-8,11,13,17,22,25-26,28,33H,5-6,9-10,12,14-16,18-19H2,1H3/t22?,25?,26?,28?,30-/m1/s1. The summed E-state index contributed by atoms with van der Waals surface area (Å²) < 4.78 is 34.2. The van der Waals surface area contributed by atoms with E-state index in [-0.39, 0.29) is 12.0 Å². The topological polar surface area (TPSA) is 29.5 Å². The van der Waals surface area contributed by atoms with E-state index in [1.54, 1.807) is 0 Å². The lowest BCUT2D eigenvalue weighted by molar-refractivity contribution is 0.0446. The number of benzene rings is 2. The fourth-order valence-corrected chi connectivity index (χ4v) is 7.58. The van der Waals surface area contributed by atoms with Gasteiger partial charge < -0.3 is 9.84 Å². The van der Waals surface area contributed by atoms with Gasteiger partial charge in [0.05, 0.1) is 0 Å². The van der Waals surface area contributed by atoms with Crippen LogP contribution >= 0.6 is 0 Å². The number of unbranched alkanes of at least 4 members (excludes halogenated alkanes) is 1. The molecule has 34 heavy (non-hydrogen) atoms. The van der Waals surface area contributed by atoms with Gasteiger partial charge >= 0.3 is 0 Å². The molecule has 0 spiro atoms. The van der Waals surface area contributed by atoms with Crippen LogP contribution in [0.3, 0.4) is 0 Å². The number of ether oxygens (including phenoxy) is 1. The molecule has 2 fully saturated rings. The zero-order valence-electron chi connectivity index (χ0n) is 20.1. The second kappa shape index (κ2) is 9.81. The molecule has 5 atom stereocenters. The summed E-state index contributed by atoms with van der Waals surface area (Å²) in [6.07, 6.45) is 5.61. The third kappa shape index (κ3) is 4.30. The summed E-state index contributed by atoms with van der Waals surface area (Å²) in [5.74, 6) is 2.43. The SMILES string of the molecule is C[C@]12CCC3c4ccc(OCc5ccccc5)cc4CCC3C1C(CCCCO)CC2=C(F)F. The molecule has 0 amide bonds. The van der Waals surface area contributed by atoms with Crippen molar-refractivity contribution in [1.29, 1.82) is 0 Å². The van der Waals surface area contributed by atoms with E-state index in [1.165, 1.54) is 11.1 Å². The Balaban J connectivity index is 1.37. The van der Waals surface area contributed by atoms with E-state index < -0.39 is 6.08 Å². The molecule has 2 nitrogen and oxygen atoms in total. The molecule has 2 aromatic rings. The Bertz CT molecular complexity index is 1030. The largest absolute Gasteiger partial charge is 0.489 e. The van der Waals surface area contributed by atoms with Crippen LogP contribution in [0.25, 0.3) is 0 Å². The van der Waals surface area contributed by atoms with Gasteiger partial charge in [-0.25, -0.2) is 0 Å². The molecule has 1 N–H and O–H groups in total. The first kappa shape index (κ1) is 23.5. The van der Waals surface area contributed by atoms with Crippen LogP contribution in [0.15, 0.2) is 60.2 Å². The summed E-state index contributed by atoms with van der Waals surface area (Å²) in [7, 11) is 0. The summed E-state index contributed by atoms with van der Waals surface area (Å²) >= 11 is 0. The van der Waals surface area contributed by atoms with Crippen molar-refractivity contribution >= 4 is 0 Å². The predicted octanol–water partition coefficient (Wildman–Crippen LogP) is 7.66. The molecule has 2 saturated carbocycles. The van der Waals surface area contributed by atoms with Gasteiger partial charge in [-0.1, -0.05) is 49.7 Å². The highest BCUT2D eigenvalue weighted by Gasteiger charge is 2.57. The van der Waals surface area contributed by atoms with Crippen molar-refractivity contribution in [1.82, 2.24) is 0 Å². The van der Waals surface area contributed by atoms with Gasteiger partial charge in [-0.3, -0.25) is 0 Å². The molecule has 2 aromatic carbocycles. The summed E-state index contributed by atoms with van der Waals surface area (Å²) in [5, 5.41) is 9.25. The molecule has 4 unspecified atom stereocenters. The van der Waals surface area contributed by atoms with Crippen molar-refractivity contribution in [2.45, 2.75) is 70.8 Å². The monoisotopic (exact) mass is 466 g/mol. The summed E-state index contributed by atoms with van der Waals surface area (Å²) in [6, 6.07) is 16.8. The van der Waals surface area contributed by atoms with Crippen LogP contribution in [-0.2, 0) is 13.0 Å². The van der Waals surface area contributed by atoms with Gasteiger partial charge in [-0.15, -0.1) is 0 Å². The lowest BCUT2D eigenvalue weighted by Gasteiger charge is -2.51. The Labute approximate surface area is 202 Å². The highest BCUT2D eigenvalue weighted by Crippen LogP contribution is 2.66. The van der Waals surface area contributed by atoms with E-state index in [1.807, 2.05) is 18.2 Å². The van der Waals surface area contributed by atoms with E-state index in [0.29, 0.717) is 42.3 Å². The fourth-order valence-electron chi connectivity index (χ4n) is 7.58. The summed E-state index contributed by atoms with van der Waals surface area (Å²) in [4.78, 5) is 0. The van der Waals surface area contributed by atoms with Gasteiger partial charge in [0.2, 0.25) is 0 Å². The van der Waals surface area contributed by atoms with Crippen molar-refractivity contribution in [3.63, 3.8) is 0 Å². The van der Waals surface area contributed by atoms with Crippen LogP contribution in [0, 0.1) is 23.2 Å². The van der Waals surface area contributed by atoms with E-state index >= 15 is 0 Å². The molecule has 0 aliphatic heterocycles. The van der Waals surface area contributed by atoms with Gasteiger partial charge in [0.25, 0.3) is 6.08 Å². The number of hydrogen-bond acceptors (Lipinski definition) is 2. The van der Waals surface area contributed by atoms with E-state index in [2.05, 4.69) is 37.3 Å². The molecular formula is C30H36F2O2. The Morgan fingerprint density at radius 2 is 1.91 bits per heavy atom. The second-order valence-electron chi connectivity index (χ2n) is 10.8. The number of aryl methyl sites for hydroxylation is 1. The maximum Gasteiger partial charge on any atom is 0.270 e. The van der Waals surface area contributed by atoms with Gasteiger partial charge in [0.15, 0.2) is 0 Å². The molecule has 0 saturated heterocycles. The number of rotatable bonds is 7. The van der Waals surface area contributed by atoms with E-state index in [9.17, 15) is 13.9 Å². The average Bonchev–Trinajstić information content (AvgIpc) is 3.16. The molecule has 3 aliphatic rings. The van der Waals surface area contributed by atoms with Gasteiger partial charge in [-0.05, 0) is 103 Å². The van der Waals surface area contributed by atoms with Crippen molar-refractivity contribution in [2.24, 2.45) is 23.2 Å². The Morgan fingerprint density at radius 1 is 1.09 bits per heavy atom. The van der Waals surface area contributed by atoms with Crippen molar-refractivity contribution in [2.75, 3.05) is 6.61 Å². The van der Waals surface area contributed by atoms with Gasteiger partial charge in [0, 0.05) is 12.2 Å². The molecule has 0 radical (unpaired) electrons. The van der Waals surface area contributed by atoms with E-state index in [0.717, 1.165) is 56.3 Å². The predicted molar refractivity (Wildman–Crippen MR) is 131 cm³/mol. The van der Waals surface area contributed by atoms with Crippen molar-refractivity contribution in [3.8, 4) is 5.75 Å². The molecular weight excluding hydrogens is 430 g/mol. The smallest absolute Gasteiger partial charge is 0.270 e. The second-order valence-corrected chi connectivity index (χ2v) is 10.8. The highest BCUT2D eigenvalue weighted by atomic mass is 19.3. The number of hydrogen-bond donors (Lipinski definition) is 1. The molecule has 0 heterocycles. The molecule has 3 aliphatic carbocycles. The molecule has 4 heteroatoms. The summed E-state index contributed by atoms with van der Waals surface area (Å²) in [6.45, 7) is 2.86. The molecule has 182 valence electrons. The Morgan fingerprint density at radius 3 is 2.68 bits per heavy atom. The third-order valence-corrected chi connectivity index (χ3v) is 9.07. The Kier molecular flexibility index (Phi) is 6.79. The lowest BCUT2D eigenvalue weighted by Crippen LogP contribution is -2.42. The number of fused-ring (bicyclic) bond motifs is 5. The number of aliphatic hydroxyl groups is 1. The van der Waals surface area contributed by atoms with Gasteiger partial charge in [0.1, 0.15) is 12.4 Å². The molecule has 0 aromatic heterocycles. The summed E-state index contributed by atoms with van der Waals surface area (Å²) in [5.41, 5.74) is 4.00. The maximum absolute atomic E-state index is 14.0. The minimum atomic E-state index is -1.44. The van der Waals surface area contributed by atoms with Crippen molar-refractivity contribution in [3.05, 3.63) is 76.9 Å². The van der Waals surface area contributed by atoms with Crippen molar-refractivity contribution < 1.29 is 18.6 Å². The Hall–Kier alpha value is -2.20. The normalized spacial score (nSPS) is 29.8. The van der Waals surface area contributed by atoms with Crippen LogP contribution in [0.2, 0.25) is 0 Å². The van der Waals surface area contributed by atoms with E-state index in [4.69, 9.17) is 4.74 Å². The third-order valence-electron chi connectivity index (χ3n) is 9.07. The zero-order chi connectivity index (χ0) is 23.7. The number of aliphatic hydroxyl groups excluding tert-OH is 1.